The Kier molecular flexibility index (Phi) is 5.19. The van der Waals surface area contributed by atoms with Gasteiger partial charge in [0.05, 0.1) is 22.2 Å². The molecule has 0 spiro atoms. The minimum Gasteiger partial charge on any atom is -0.370 e. The van der Waals surface area contributed by atoms with E-state index >= 15 is 0 Å². The number of anilines is 2. The molecular weight excluding hydrogens is 382 g/mol. The van der Waals surface area contributed by atoms with Crippen molar-refractivity contribution < 1.29 is 14.5 Å². The number of hydrogen-bond donors (Lipinski definition) is 0. The number of carbonyl (C=O) groups excluding carboxylic acids is 1. The van der Waals surface area contributed by atoms with Crippen LogP contribution in [0.5, 0.6) is 0 Å². The molecule has 1 unspecified atom stereocenters. The van der Waals surface area contributed by atoms with Crippen LogP contribution < -0.4 is 9.80 Å². The maximum atomic E-state index is 11.6. The molecule has 1 fully saturated rings. The van der Waals surface area contributed by atoms with Gasteiger partial charge >= 0.3 is 0 Å². The van der Waals surface area contributed by atoms with Crippen molar-refractivity contribution in [2.24, 2.45) is 0 Å². The van der Waals surface area contributed by atoms with E-state index < -0.39 is 11.2 Å². The molecular formula is C20H20ClN3O4. The summed E-state index contributed by atoms with van der Waals surface area (Å²) in [7, 11) is 0. The fourth-order valence-corrected chi connectivity index (χ4v) is 4.33. The Morgan fingerprint density at radius 3 is 2.57 bits per heavy atom. The molecule has 1 atom stereocenters. The van der Waals surface area contributed by atoms with Crippen LogP contribution in [0.1, 0.15) is 18.4 Å². The summed E-state index contributed by atoms with van der Waals surface area (Å²) in [5.74, 6) is 0. The number of aldehydes is 1. The molecule has 8 heteroatoms. The number of piperidine rings is 1. The minimum atomic E-state index is -0.575. The quantitative estimate of drug-likeness (QED) is 0.441. The molecule has 0 bridgehead atoms. The molecule has 4 rings (SSSR count). The van der Waals surface area contributed by atoms with Crippen LogP contribution in [0.3, 0.4) is 0 Å². The van der Waals surface area contributed by atoms with Crippen molar-refractivity contribution >= 4 is 34.9 Å². The molecule has 2 aromatic rings. The van der Waals surface area contributed by atoms with Crippen LogP contribution in [0.2, 0.25) is 5.02 Å². The predicted molar refractivity (Wildman–Crippen MR) is 107 cm³/mol. The topological polar surface area (TPSA) is 75.9 Å². The highest BCUT2D eigenvalue weighted by Gasteiger charge is 2.34. The monoisotopic (exact) mass is 401 g/mol. The fourth-order valence-electron chi connectivity index (χ4n) is 4.04. The van der Waals surface area contributed by atoms with Crippen LogP contribution in [0.15, 0.2) is 42.5 Å². The third kappa shape index (κ3) is 3.43. The van der Waals surface area contributed by atoms with Gasteiger partial charge in [0.1, 0.15) is 0 Å². The number of nitrogens with zero attached hydrogens (tertiary/aromatic N) is 3. The van der Waals surface area contributed by atoms with Crippen molar-refractivity contribution in [2.45, 2.75) is 31.7 Å². The number of carbonyl (C=O) groups is 1. The smallest absolute Gasteiger partial charge is 0.271 e. The third-order valence-corrected chi connectivity index (χ3v) is 5.71. The molecule has 2 aromatic carbocycles. The summed E-state index contributed by atoms with van der Waals surface area (Å²) < 4.78 is 5.74. The van der Waals surface area contributed by atoms with E-state index in [2.05, 4.69) is 9.80 Å². The maximum Gasteiger partial charge on any atom is 0.271 e. The van der Waals surface area contributed by atoms with E-state index in [0.29, 0.717) is 11.6 Å². The predicted octanol–water partition coefficient (Wildman–Crippen LogP) is 3.78. The number of ether oxygens (including phenoxy) is 1. The molecule has 2 aliphatic rings. The van der Waals surface area contributed by atoms with Crippen LogP contribution in [0, 0.1) is 10.1 Å². The van der Waals surface area contributed by atoms with E-state index in [1.54, 1.807) is 6.07 Å². The molecule has 2 heterocycles. The lowest BCUT2D eigenvalue weighted by atomic mass is 9.99. The average molecular weight is 402 g/mol. The van der Waals surface area contributed by atoms with E-state index in [1.807, 2.05) is 24.3 Å². The summed E-state index contributed by atoms with van der Waals surface area (Å²) in [5.41, 5.74) is 2.92. The lowest BCUT2D eigenvalue weighted by Crippen LogP contribution is -2.52. The van der Waals surface area contributed by atoms with Gasteiger partial charge in [-0.15, -0.1) is 0 Å². The first kappa shape index (κ1) is 18.7. The van der Waals surface area contributed by atoms with Gasteiger partial charge in [0.25, 0.3) is 5.69 Å². The van der Waals surface area contributed by atoms with Gasteiger partial charge in [0.2, 0.25) is 0 Å². The van der Waals surface area contributed by atoms with E-state index in [9.17, 15) is 14.9 Å². The zero-order valence-electron chi connectivity index (χ0n) is 15.2. The van der Waals surface area contributed by atoms with Crippen LogP contribution in [-0.2, 0) is 16.1 Å². The van der Waals surface area contributed by atoms with Crippen LogP contribution >= 0.6 is 11.6 Å². The van der Waals surface area contributed by atoms with Gasteiger partial charge in [-0.2, -0.15) is 0 Å². The number of fused-ring (bicyclic) bond motifs is 1. The van der Waals surface area contributed by atoms with Crippen molar-refractivity contribution in [1.82, 2.24) is 0 Å². The summed E-state index contributed by atoms with van der Waals surface area (Å²) >= 11 is 6.28. The normalized spacial score (nSPS) is 20.0. The Hall–Kier alpha value is -2.64. The first-order valence-corrected chi connectivity index (χ1v) is 9.58. The van der Waals surface area contributed by atoms with Crippen molar-refractivity contribution in [2.75, 3.05) is 22.9 Å². The zero-order valence-corrected chi connectivity index (χ0v) is 15.9. The van der Waals surface area contributed by atoms with E-state index in [1.165, 1.54) is 12.1 Å². The highest BCUT2D eigenvalue weighted by Crippen LogP contribution is 2.36. The van der Waals surface area contributed by atoms with Gasteiger partial charge in [-0.3, -0.25) is 14.9 Å². The van der Waals surface area contributed by atoms with Gasteiger partial charge < -0.3 is 14.5 Å². The molecule has 0 radical (unpaired) electrons. The van der Waals surface area contributed by atoms with Gasteiger partial charge in [-0.1, -0.05) is 29.8 Å². The second-order valence-corrected chi connectivity index (χ2v) is 7.39. The maximum absolute atomic E-state index is 11.6. The number of nitro groups is 1. The zero-order chi connectivity index (χ0) is 19.7. The molecule has 146 valence electrons. The van der Waals surface area contributed by atoms with Crippen LogP contribution in [-0.4, -0.2) is 36.6 Å². The average Bonchev–Trinajstić information content (AvgIpc) is 2.73. The highest BCUT2D eigenvalue weighted by atomic mass is 35.5. The number of rotatable bonds is 4. The Bertz CT molecular complexity index is 899. The van der Waals surface area contributed by atoms with Crippen molar-refractivity contribution in [3.63, 3.8) is 0 Å². The van der Waals surface area contributed by atoms with Gasteiger partial charge in [0, 0.05) is 42.5 Å². The van der Waals surface area contributed by atoms with Gasteiger partial charge in [-0.05, 0) is 25.0 Å². The van der Waals surface area contributed by atoms with Crippen LogP contribution in [0.4, 0.5) is 17.1 Å². The summed E-state index contributed by atoms with van der Waals surface area (Å²) in [4.78, 5) is 26.3. The number of para-hydroxylation sites is 1. The first-order valence-electron chi connectivity index (χ1n) is 9.20. The number of nitro benzene ring substituents is 1. The van der Waals surface area contributed by atoms with Gasteiger partial charge in [0.15, 0.2) is 12.5 Å². The van der Waals surface area contributed by atoms with Crippen molar-refractivity contribution in [3.05, 3.63) is 63.2 Å². The van der Waals surface area contributed by atoms with Crippen molar-refractivity contribution in [1.29, 1.82) is 0 Å². The molecule has 1 saturated heterocycles. The molecule has 0 amide bonds. The number of benzene rings is 2. The molecule has 7 nitrogen and oxygen atoms in total. The number of hydrogen-bond acceptors (Lipinski definition) is 6. The lowest BCUT2D eigenvalue weighted by Gasteiger charge is -2.45. The minimum absolute atomic E-state index is 0.0143. The lowest BCUT2D eigenvalue weighted by molar-refractivity contribution is -0.384. The third-order valence-electron chi connectivity index (χ3n) is 5.41. The van der Waals surface area contributed by atoms with Crippen molar-refractivity contribution in [3.8, 4) is 0 Å². The highest BCUT2D eigenvalue weighted by molar-refractivity contribution is 6.33. The summed E-state index contributed by atoms with van der Waals surface area (Å²) in [5, 5.41) is 11.3. The molecule has 0 saturated carbocycles. The summed E-state index contributed by atoms with van der Waals surface area (Å²) in [6, 6.07) is 12.7. The molecule has 0 N–H and O–H groups in total. The first-order chi connectivity index (χ1) is 13.6. The fraction of sp³-hybridized carbons (Fsp3) is 0.350. The summed E-state index contributed by atoms with van der Waals surface area (Å²) in [6.45, 7) is 1.92. The van der Waals surface area contributed by atoms with E-state index in [4.69, 9.17) is 16.3 Å². The molecule has 0 aromatic heterocycles. The second kappa shape index (κ2) is 7.77. The Labute approximate surface area is 167 Å². The molecule has 0 aliphatic carbocycles. The number of halogens is 1. The van der Waals surface area contributed by atoms with E-state index in [0.717, 1.165) is 49.2 Å². The Morgan fingerprint density at radius 1 is 1.14 bits per heavy atom. The van der Waals surface area contributed by atoms with E-state index in [-0.39, 0.29) is 11.7 Å². The largest absolute Gasteiger partial charge is 0.370 e. The van der Waals surface area contributed by atoms with Gasteiger partial charge in [-0.25, -0.2) is 0 Å². The Morgan fingerprint density at radius 2 is 1.89 bits per heavy atom. The number of non-ortho nitro benzene ring substituents is 1. The SMILES string of the molecule is O=CC1OCc2ccccc2N1C1CCN(c2ccc([N+](=O)[O-])cc2Cl)CC1. The molecule has 28 heavy (non-hydrogen) atoms. The standard InChI is InChI=1S/C20H20ClN3O4/c21-17-11-16(24(26)27)5-6-19(17)22-9-7-15(8-10-22)23-18-4-2-1-3-14(18)13-28-20(23)12-25/h1-6,11-12,15,20H,7-10,13H2. The Balaban J connectivity index is 1.51. The summed E-state index contributed by atoms with van der Waals surface area (Å²) in [6.07, 6.45) is 1.94. The van der Waals surface area contributed by atoms with Crippen LogP contribution in [0.25, 0.3) is 0 Å². The second-order valence-electron chi connectivity index (χ2n) is 6.98. The molecule has 2 aliphatic heterocycles.